The van der Waals surface area contributed by atoms with E-state index in [1.54, 1.807) is 0 Å². The molecule has 12 heavy (non-hydrogen) atoms. The van der Waals surface area contributed by atoms with Crippen molar-refractivity contribution in [2.75, 3.05) is 0 Å². The minimum atomic E-state index is 0.0548. The summed E-state index contributed by atoms with van der Waals surface area (Å²) in [4.78, 5) is 0. The Labute approximate surface area is 86.1 Å². The molecule has 0 bridgehead atoms. The SMILES string of the molecule is C=IC1(C)CC(C)CC(C)(C)N1. The van der Waals surface area contributed by atoms with Gasteiger partial charge in [-0.3, -0.25) is 5.32 Å². The number of rotatable bonds is 1. The molecule has 0 aromatic heterocycles. The normalized spacial score (nSPS) is 41.2. The maximum Gasteiger partial charge on any atom is 0.0629 e. The maximum absolute atomic E-state index is 4.13. The van der Waals surface area contributed by atoms with Crippen LogP contribution in [0.5, 0.6) is 0 Å². The van der Waals surface area contributed by atoms with E-state index in [1.165, 1.54) is 12.8 Å². The molecule has 0 radical (unpaired) electrons. The lowest BCUT2D eigenvalue weighted by atomic mass is 9.83. The van der Waals surface area contributed by atoms with Crippen LogP contribution in [-0.2, 0) is 0 Å². The van der Waals surface area contributed by atoms with Gasteiger partial charge in [0.1, 0.15) is 0 Å². The van der Waals surface area contributed by atoms with E-state index in [4.69, 9.17) is 0 Å². The van der Waals surface area contributed by atoms with Gasteiger partial charge in [0.05, 0.1) is 3.55 Å². The number of hydrogen-bond donors (Lipinski definition) is 1. The van der Waals surface area contributed by atoms with Gasteiger partial charge in [0.25, 0.3) is 0 Å². The van der Waals surface area contributed by atoms with Gasteiger partial charge in [-0.1, -0.05) is 11.4 Å². The summed E-state index contributed by atoms with van der Waals surface area (Å²) in [6.07, 6.45) is 2.61. The second-order valence-electron chi connectivity index (χ2n) is 4.85. The lowest BCUT2D eigenvalue weighted by Gasteiger charge is -2.45. The minimum absolute atomic E-state index is 0.0548. The Morgan fingerprint density at radius 3 is 2.33 bits per heavy atom. The van der Waals surface area contributed by atoms with Crippen LogP contribution < -0.4 is 5.32 Å². The molecule has 1 N–H and O–H groups in total. The van der Waals surface area contributed by atoms with E-state index in [-0.39, 0.29) is 20.7 Å². The molecular formula is C10H20IN. The number of piperidine rings is 1. The van der Waals surface area contributed by atoms with Crippen LogP contribution in [0.3, 0.4) is 0 Å². The molecule has 2 heteroatoms. The summed E-state index contributed by atoms with van der Waals surface area (Å²) in [5, 5.41) is 3.74. The largest absolute Gasteiger partial charge is 0.298 e. The summed E-state index contributed by atoms with van der Waals surface area (Å²) in [5.74, 6) is 0.854. The molecule has 0 amide bonds. The lowest BCUT2D eigenvalue weighted by Crippen LogP contribution is -2.56. The van der Waals surface area contributed by atoms with Gasteiger partial charge in [0.2, 0.25) is 0 Å². The Hall–Kier alpha value is 0.560. The Morgan fingerprint density at radius 2 is 1.92 bits per heavy atom. The molecule has 0 aliphatic carbocycles. The van der Waals surface area contributed by atoms with Crippen molar-refractivity contribution in [3.63, 3.8) is 0 Å². The molecule has 1 heterocycles. The molecule has 1 aliphatic rings. The minimum Gasteiger partial charge on any atom is -0.298 e. The fourth-order valence-electron chi connectivity index (χ4n) is 2.49. The molecule has 1 saturated heterocycles. The van der Waals surface area contributed by atoms with E-state index in [2.05, 4.69) is 37.5 Å². The zero-order chi connectivity index (χ0) is 9.41. The van der Waals surface area contributed by atoms with Crippen LogP contribution in [0, 0.1) is 5.92 Å². The maximum atomic E-state index is 4.13. The van der Waals surface area contributed by atoms with Gasteiger partial charge < -0.3 is 0 Å². The molecule has 2 atom stereocenters. The van der Waals surface area contributed by atoms with Crippen LogP contribution in [0.1, 0.15) is 40.5 Å². The Bertz CT molecular complexity index is 188. The summed E-state index contributed by atoms with van der Waals surface area (Å²) >= 11 is 0.0548. The standard InChI is InChI=1S/C10H20IN/c1-8-6-9(2,3)12-10(4,7-8)11-5/h8,12H,5-7H2,1-4H3. The lowest BCUT2D eigenvalue weighted by molar-refractivity contribution is 0.191. The summed E-state index contributed by atoms with van der Waals surface area (Å²) in [5.41, 5.74) is 0.323. The van der Waals surface area contributed by atoms with Gasteiger partial charge in [-0.05, 0) is 39.5 Å². The first-order valence-corrected chi connectivity index (χ1v) is 7.16. The molecule has 0 spiro atoms. The first-order chi connectivity index (χ1) is 5.37. The number of halogens is 1. The van der Waals surface area contributed by atoms with E-state index in [0.717, 1.165) is 5.92 Å². The highest BCUT2D eigenvalue weighted by molar-refractivity contribution is 14.2. The molecule has 0 aromatic rings. The zero-order valence-electron chi connectivity index (χ0n) is 8.58. The highest BCUT2D eigenvalue weighted by Crippen LogP contribution is 2.38. The van der Waals surface area contributed by atoms with E-state index in [0.29, 0.717) is 9.08 Å². The van der Waals surface area contributed by atoms with Gasteiger partial charge in [-0.15, -0.1) is 20.7 Å². The Balaban J connectivity index is 2.76. The van der Waals surface area contributed by atoms with E-state index < -0.39 is 0 Å². The Morgan fingerprint density at radius 1 is 1.33 bits per heavy atom. The van der Waals surface area contributed by atoms with Crippen LogP contribution in [0.4, 0.5) is 0 Å². The van der Waals surface area contributed by atoms with Crippen LogP contribution in [0.2, 0.25) is 0 Å². The summed E-state index contributed by atoms with van der Waals surface area (Å²) in [6, 6.07) is 0. The van der Waals surface area contributed by atoms with Gasteiger partial charge in [0, 0.05) is 5.54 Å². The molecule has 72 valence electrons. The van der Waals surface area contributed by atoms with Crippen LogP contribution in [-0.4, -0.2) is 13.6 Å². The topological polar surface area (TPSA) is 12.0 Å². The van der Waals surface area contributed by atoms with Gasteiger partial charge in [-0.2, -0.15) is 0 Å². The molecule has 1 fully saturated rings. The van der Waals surface area contributed by atoms with Crippen molar-refractivity contribution >= 4 is 25.2 Å². The third kappa shape index (κ3) is 2.52. The average molecular weight is 281 g/mol. The highest BCUT2D eigenvalue weighted by atomic mass is 127. The molecule has 1 aliphatic heterocycles. The monoisotopic (exact) mass is 281 g/mol. The van der Waals surface area contributed by atoms with Crippen molar-refractivity contribution < 1.29 is 0 Å². The number of nitrogens with one attached hydrogen (secondary N) is 1. The van der Waals surface area contributed by atoms with Crippen molar-refractivity contribution in [2.24, 2.45) is 5.92 Å². The summed E-state index contributed by atoms with van der Waals surface area (Å²) in [7, 11) is 0. The van der Waals surface area contributed by atoms with Crippen molar-refractivity contribution in [3.8, 4) is 0 Å². The van der Waals surface area contributed by atoms with E-state index in [9.17, 15) is 0 Å². The van der Waals surface area contributed by atoms with E-state index >= 15 is 0 Å². The fraction of sp³-hybridized carbons (Fsp3) is 0.900. The zero-order valence-corrected chi connectivity index (χ0v) is 10.7. The van der Waals surface area contributed by atoms with Crippen LogP contribution in [0.15, 0.2) is 0 Å². The van der Waals surface area contributed by atoms with Crippen molar-refractivity contribution in [1.29, 1.82) is 0 Å². The fourth-order valence-corrected chi connectivity index (χ4v) is 4.48. The first-order valence-electron chi connectivity index (χ1n) is 4.56. The predicted molar refractivity (Wildman–Crippen MR) is 65.2 cm³/mol. The molecular weight excluding hydrogens is 261 g/mol. The quantitative estimate of drug-likeness (QED) is 0.443. The van der Waals surface area contributed by atoms with Gasteiger partial charge in [0.15, 0.2) is 0 Å². The molecule has 1 rings (SSSR count). The molecule has 0 saturated carbocycles. The smallest absolute Gasteiger partial charge is 0.0629 e. The second kappa shape index (κ2) is 3.37. The number of hydrogen-bond acceptors (Lipinski definition) is 1. The average Bonchev–Trinajstić information content (AvgIpc) is 1.82. The third-order valence-corrected chi connectivity index (χ3v) is 4.88. The second-order valence-corrected chi connectivity index (χ2v) is 8.00. The van der Waals surface area contributed by atoms with Gasteiger partial charge in [-0.25, -0.2) is 0 Å². The molecule has 1 nitrogen and oxygen atoms in total. The van der Waals surface area contributed by atoms with Crippen molar-refractivity contribution in [3.05, 3.63) is 0 Å². The predicted octanol–water partition coefficient (Wildman–Crippen LogP) is 2.90. The first kappa shape index (κ1) is 10.6. The molecule has 0 aromatic carbocycles. The molecule has 2 unspecified atom stereocenters. The number of alkyl halides is 1. The Kier molecular flexibility index (Phi) is 2.99. The summed E-state index contributed by atoms with van der Waals surface area (Å²) < 4.78 is 4.50. The summed E-state index contributed by atoms with van der Waals surface area (Å²) in [6.45, 7) is 9.31. The van der Waals surface area contributed by atoms with Crippen molar-refractivity contribution in [2.45, 2.75) is 49.6 Å². The third-order valence-electron chi connectivity index (χ3n) is 2.48. The van der Waals surface area contributed by atoms with Crippen molar-refractivity contribution in [1.82, 2.24) is 5.32 Å². The van der Waals surface area contributed by atoms with Crippen LogP contribution in [0.25, 0.3) is 0 Å². The highest BCUT2D eigenvalue weighted by Gasteiger charge is 2.37. The van der Waals surface area contributed by atoms with Gasteiger partial charge >= 0.3 is 0 Å². The van der Waals surface area contributed by atoms with E-state index in [1.807, 2.05) is 0 Å². The van der Waals surface area contributed by atoms with Crippen LogP contribution >= 0.6 is 20.7 Å².